The number of esters is 1. The number of hydrogen-bond acceptors (Lipinski definition) is 7. The van der Waals surface area contributed by atoms with E-state index < -0.39 is 28.0 Å². The molecule has 1 aromatic rings. The number of nitrogens with one attached hydrogen (secondary N) is 1. The maximum atomic E-state index is 12.8. The second-order valence-electron chi connectivity index (χ2n) is 6.59. The molecule has 1 aromatic carbocycles. The Morgan fingerprint density at radius 1 is 1.18 bits per heavy atom. The van der Waals surface area contributed by atoms with Crippen LogP contribution in [0.1, 0.15) is 31.1 Å². The molecular weight excluding hydrogens is 388 g/mol. The van der Waals surface area contributed by atoms with E-state index in [2.05, 4.69) is 5.32 Å². The molecule has 0 unspecified atom stereocenters. The minimum Gasteiger partial charge on any atom is -0.496 e. The van der Waals surface area contributed by atoms with Crippen molar-refractivity contribution >= 4 is 21.9 Å². The Morgan fingerprint density at radius 2 is 1.82 bits per heavy atom. The van der Waals surface area contributed by atoms with E-state index in [4.69, 9.17) is 14.2 Å². The average Bonchev–Trinajstić information content (AvgIpc) is 2.67. The van der Waals surface area contributed by atoms with Crippen LogP contribution in [0.5, 0.6) is 5.75 Å². The standard InChI is InChI=1S/C18H26N2O7S/c1-12(2)19-17(21)13(3)27-18(22)15-11-14(5-6-16(15)25-4)28(23,24)20-7-9-26-10-8-20/h5-6,11-13H,7-10H2,1-4H3,(H,19,21)/t13-/m1/s1. The summed E-state index contributed by atoms with van der Waals surface area (Å²) in [6.07, 6.45) is -1.04. The minimum absolute atomic E-state index is 0.0542. The molecule has 0 aliphatic carbocycles. The van der Waals surface area contributed by atoms with Gasteiger partial charge in [0.15, 0.2) is 6.10 Å². The number of amides is 1. The van der Waals surface area contributed by atoms with Crippen molar-refractivity contribution in [2.24, 2.45) is 0 Å². The zero-order valence-electron chi connectivity index (χ0n) is 16.4. The van der Waals surface area contributed by atoms with Crippen molar-refractivity contribution in [2.45, 2.75) is 37.8 Å². The highest BCUT2D eigenvalue weighted by Gasteiger charge is 2.29. The van der Waals surface area contributed by atoms with Gasteiger partial charge in [-0.25, -0.2) is 13.2 Å². The van der Waals surface area contributed by atoms with Crippen LogP contribution in [0, 0.1) is 0 Å². The first-order valence-corrected chi connectivity index (χ1v) is 10.4. The molecule has 156 valence electrons. The van der Waals surface area contributed by atoms with Gasteiger partial charge in [0.2, 0.25) is 10.0 Å². The summed E-state index contributed by atoms with van der Waals surface area (Å²) in [6, 6.07) is 3.86. The molecule has 10 heteroatoms. The van der Waals surface area contributed by atoms with E-state index in [9.17, 15) is 18.0 Å². The van der Waals surface area contributed by atoms with Crippen molar-refractivity contribution < 1.29 is 32.2 Å². The average molecular weight is 414 g/mol. The SMILES string of the molecule is COc1ccc(S(=O)(=O)N2CCOCC2)cc1C(=O)O[C@H](C)C(=O)NC(C)C. The molecule has 0 aromatic heterocycles. The number of carbonyl (C=O) groups excluding carboxylic acids is 2. The number of morpholine rings is 1. The van der Waals surface area contributed by atoms with E-state index in [1.54, 1.807) is 13.8 Å². The summed E-state index contributed by atoms with van der Waals surface area (Å²) >= 11 is 0. The summed E-state index contributed by atoms with van der Waals surface area (Å²) in [5.41, 5.74) is -0.0685. The predicted molar refractivity (Wildman–Crippen MR) is 101 cm³/mol. The fraction of sp³-hybridized carbons (Fsp3) is 0.556. The zero-order valence-corrected chi connectivity index (χ0v) is 17.2. The van der Waals surface area contributed by atoms with Gasteiger partial charge in [-0.1, -0.05) is 0 Å². The number of carbonyl (C=O) groups is 2. The molecule has 28 heavy (non-hydrogen) atoms. The van der Waals surface area contributed by atoms with Gasteiger partial charge in [0.1, 0.15) is 11.3 Å². The van der Waals surface area contributed by atoms with Crippen molar-refractivity contribution in [1.29, 1.82) is 0 Å². The number of hydrogen-bond donors (Lipinski definition) is 1. The van der Waals surface area contributed by atoms with Crippen LogP contribution < -0.4 is 10.1 Å². The van der Waals surface area contributed by atoms with Gasteiger partial charge >= 0.3 is 5.97 Å². The minimum atomic E-state index is -3.79. The third-order valence-corrected chi connectivity index (χ3v) is 5.98. The lowest BCUT2D eigenvalue weighted by molar-refractivity contribution is -0.129. The number of ether oxygens (including phenoxy) is 3. The lowest BCUT2D eigenvalue weighted by Gasteiger charge is -2.26. The third-order valence-electron chi connectivity index (χ3n) is 4.08. The molecule has 1 amide bonds. The lowest BCUT2D eigenvalue weighted by Crippen LogP contribution is -2.40. The Hall–Kier alpha value is -2.17. The fourth-order valence-electron chi connectivity index (χ4n) is 2.62. The summed E-state index contributed by atoms with van der Waals surface area (Å²) in [6.45, 7) is 6.11. The Labute approximate surface area is 165 Å². The Bertz CT molecular complexity index is 817. The molecule has 1 heterocycles. The molecule has 1 atom stereocenters. The molecule has 0 spiro atoms. The molecule has 1 saturated heterocycles. The largest absolute Gasteiger partial charge is 0.496 e. The Morgan fingerprint density at radius 3 is 2.39 bits per heavy atom. The molecule has 0 bridgehead atoms. The van der Waals surface area contributed by atoms with Gasteiger partial charge in [0.25, 0.3) is 5.91 Å². The van der Waals surface area contributed by atoms with Crippen molar-refractivity contribution in [1.82, 2.24) is 9.62 Å². The van der Waals surface area contributed by atoms with Crippen LogP contribution in [-0.4, -0.2) is 70.2 Å². The van der Waals surface area contributed by atoms with E-state index in [0.29, 0.717) is 13.2 Å². The summed E-state index contributed by atoms with van der Waals surface area (Å²) in [4.78, 5) is 24.5. The van der Waals surface area contributed by atoms with Crippen LogP contribution in [0.15, 0.2) is 23.1 Å². The molecule has 0 radical (unpaired) electrons. The first-order valence-electron chi connectivity index (χ1n) is 8.94. The van der Waals surface area contributed by atoms with E-state index in [1.807, 2.05) is 0 Å². The molecule has 9 nitrogen and oxygen atoms in total. The smallest absolute Gasteiger partial charge is 0.342 e. The molecule has 1 aliphatic rings. The van der Waals surface area contributed by atoms with Gasteiger partial charge in [-0.3, -0.25) is 4.79 Å². The van der Waals surface area contributed by atoms with E-state index in [1.165, 1.54) is 36.5 Å². The van der Waals surface area contributed by atoms with Gasteiger partial charge in [-0.2, -0.15) is 4.31 Å². The summed E-state index contributed by atoms with van der Waals surface area (Å²) in [5.74, 6) is -1.14. The molecule has 1 aliphatic heterocycles. The van der Waals surface area contributed by atoms with Crippen molar-refractivity contribution in [3.8, 4) is 5.75 Å². The first kappa shape index (κ1) is 22.1. The topological polar surface area (TPSA) is 111 Å². The van der Waals surface area contributed by atoms with Crippen LogP contribution in [-0.2, 0) is 24.3 Å². The molecular formula is C18H26N2O7S. The molecule has 0 saturated carbocycles. The van der Waals surface area contributed by atoms with E-state index in [-0.39, 0.29) is 35.3 Å². The highest BCUT2D eigenvalue weighted by molar-refractivity contribution is 7.89. The number of sulfonamides is 1. The normalized spacial score (nSPS) is 16.5. The summed E-state index contributed by atoms with van der Waals surface area (Å²) in [7, 11) is -2.43. The highest BCUT2D eigenvalue weighted by Crippen LogP contribution is 2.26. The Balaban J connectivity index is 2.27. The zero-order chi connectivity index (χ0) is 20.9. The van der Waals surface area contributed by atoms with Gasteiger partial charge in [-0.05, 0) is 39.0 Å². The van der Waals surface area contributed by atoms with Crippen molar-refractivity contribution in [3.05, 3.63) is 23.8 Å². The third kappa shape index (κ3) is 5.21. The number of rotatable bonds is 7. The number of methoxy groups -OCH3 is 1. The molecule has 1 N–H and O–H groups in total. The van der Waals surface area contributed by atoms with E-state index in [0.717, 1.165) is 0 Å². The van der Waals surface area contributed by atoms with Gasteiger partial charge in [0, 0.05) is 19.1 Å². The van der Waals surface area contributed by atoms with Gasteiger partial charge < -0.3 is 19.5 Å². The Kier molecular flexibility index (Phi) is 7.39. The van der Waals surface area contributed by atoms with Gasteiger partial charge in [-0.15, -0.1) is 0 Å². The maximum absolute atomic E-state index is 12.8. The van der Waals surface area contributed by atoms with E-state index >= 15 is 0 Å². The second-order valence-corrected chi connectivity index (χ2v) is 8.53. The van der Waals surface area contributed by atoms with Gasteiger partial charge in [0.05, 0.1) is 25.2 Å². The van der Waals surface area contributed by atoms with Crippen LogP contribution in [0.4, 0.5) is 0 Å². The monoisotopic (exact) mass is 414 g/mol. The molecule has 2 rings (SSSR count). The fourth-order valence-corrected chi connectivity index (χ4v) is 4.06. The van der Waals surface area contributed by atoms with Crippen molar-refractivity contribution in [2.75, 3.05) is 33.4 Å². The van der Waals surface area contributed by atoms with Crippen LogP contribution in [0.25, 0.3) is 0 Å². The van der Waals surface area contributed by atoms with Crippen LogP contribution >= 0.6 is 0 Å². The van der Waals surface area contributed by atoms with Crippen LogP contribution in [0.3, 0.4) is 0 Å². The number of benzene rings is 1. The molecule has 1 fully saturated rings. The predicted octanol–water partition coefficient (Wildman–Crippen LogP) is 0.786. The summed E-state index contributed by atoms with van der Waals surface area (Å²) < 4.78 is 42.5. The quantitative estimate of drug-likeness (QED) is 0.657. The van der Waals surface area contributed by atoms with Crippen molar-refractivity contribution in [3.63, 3.8) is 0 Å². The first-order chi connectivity index (χ1) is 13.2. The summed E-state index contributed by atoms with van der Waals surface area (Å²) in [5, 5.41) is 2.64. The number of nitrogens with zero attached hydrogens (tertiary/aromatic N) is 1. The maximum Gasteiger partial charge on any atom is 0.342 e. The lowest BCUT2D eigenvalue weighted by atomic mass is 10.2. The highest BCUT2D eigenvalue weighted by atomic mass is 32.2. The van der Waals surface area contributed by atoms with Crippen LogP contribution in [0.2, 0.25) is 0 Å². The second kappa shape index (κ2) is 9.35.